The molecular formula is C14H13BClFO4. The second kappa shape index (κ2) is 7.31. The van der Waals surface area contributed by atoms with E-state index in [9.17, 15) is 4.39 Å². The van der Waals surface area contributed by atoms with Crippen molar-refractivity contribution in [2.24, 2.45) is 0 Å². The van der Waals surface area contributed by atoms with E-state index in [1.165, 1.54) is 18.2 Å². The van der Waals surface area contributed by atoms with Crippen LogP contribution in [0.4, 0.5) is 4.39 Å². The fraction of sp³-hybridized carbons (Fsp3) is 0.143. The summed E-state index contributed by atoms with van der Waals surface area (Å²) < 4.78 is 23.7. The first-order valence-corrected chi connectivity index (χ1v) is 6.61. The lowest BCUT2D eigenvalue weighted by molar-refractivity contribution is 0.217. The van der Waals surface area contributed by atoms with Gasteiger partial charge in [-0.1, -0.05) is 23.7 Å². The van der Waals surface area contributed by atoms with E-state index in [0.717, 1.165) is 0 Å². The first-order valence-electron chi connectivity index (χ1n) is 6.23. The third-order valence-corrected chi connectivity index (χ3v) is 2.98. The minimum atomic E-state index is -1.49. The van der Waals surface area contributed by atoms with Crippen LogP contribution in [-0.2, 0) is 0 Å². The number of hydrogen-bond donors (Lipinski definition) is 2. The number of halogens is 2. The summed E-state index contributed by atoms with van der Waals surface area (Å²) in [6.07, 6.45) is 0. The molecule has 0 aromatic heterocycles. The largest absolute Gasteiger partial charge is 0.490 e. The van der Waals surface area contributed by atoms with E-state index in [-0.39, 0.29) is 18.2 Å². The molecule has 0 radical (unpaired) electrons. The molecule has 0 aliphatic heterocycles. The maximum atomic E-state index is 12.9. The third-order valence-electron chi connectivity index (χ3n) is 2.69. The van der Waals surface area contributed by atoms with E-state index >= 15 is 0 Å². The number of hydrogen-bond acceptors (Lipinski definition) is 4. The zero-order chi connectivity index (χ0) is 15.2. The maximum absolute atomic E-state index is 12.9. The minimum Gasteiger partial charge on any atom is -0.490 e. The van der Waals surface area contributed by atoms with Gasteiger partial charge in [-0.15, -0.1) is 0 Å². The standard InChI is InChI=1S/C14H13BClFO4/c16-13-9-12(5-6-14(13)17)21-8-7-20-11-3-1-10(2-4-11)15(18)19/h1-6,9,18-19H,7-8H2. The summed E-state index contributed by atoms with van der Waals surface area (Å²) in [5, 5.41) is 17.9. The Hall–Kier alpha value is -1.76. The second-order valence-corrected chi connectivity index (χ2v) is 4.62. The molecule has 2 rings (SSSR count). The zero-order valence-corrected chi connectivity index (χ0v) is 11.8. The Kier molecular flexibility index (Phi) is 5.44. The van der Waals surface area contributed by atoms with Crippen molar-refractivity contribution >= 4 is 24.2 Å². The predicted octanol–water partition coefficient (Wildman–Crippen LogP) is 1.62. The van der Waals surface area contributed by atoms with Gasteiger partial charge in [0.2, 0.25) is 0 Å². The van der Waals surface area contributed by atoms with Crippen molar-refractivity contribution in [3.63, 3.8) is 0 Å². The van der Waals surface area contributed by atoms with Crippen molar-refractivity contribution in [3.05, 3.63) is 53.3 Å². The van der Waals surface area contributed by atoms with Gasteiger partial charge in [-0.25, -0.2) is 4.39 Å². The van der Waals surface area contributed by atoms with E-state index in [4.69, 9.17) is 31.1 Å². The SMILES string of the molecule is OB(O)c1ccc(OCCOc2ccc(F)c(Cl)c2)cc1. The molecule has 2 N–H and O–H groups in total. The molecular weight excluding hydrogens is 297 g/mol. The molecule has 0 aliphatic carbocycles. The Labute approximate surface area is 126 Å². The Balaban J connectivity index is 1.77. The number of ether oxygens (including phenoxy) is 2. The van der Waals surface area contributed by atoms with Gasteiger partial charge >= 0.3 is 7.12 Å². The van der Waals surface area contributed by atoms with Gasteiger partial charge in [0.1, 0.15) is 30.5 Å². The van der Waals surface area contributed by atoms with E-state index in [1.807, 2.05) is 0 Å². The lowest BCUT2D eigenvalue weighted by Crippen LogP contribution is -2.29. The fourth-order valence-electron chi connectivity index (χ4n) is 1.62. The monoisotopic (exact) mass is 310 g/mol. The van der Waals surface area contributed by atoms with E-state index < -0.39 is 12.9 Å². The van der Waals surface area contributed by atoms with Crippen LogP contribution in [0, 0.1) is 5.82 Å². The lowest BCUT2D eigenvalue weighted by Gasteiger charge is -2.09. The Bertz CT molecular complexity index is 592. The average molecular weight is 311 g/mol. The molecule has 0 amide bonds. The lowest BCUT2D eigenvalue weighted by atomic mass is 9.80. The molecule has 0 aliphatic rings. The molecule has 0 saturated heterocycles. The van der Waals surface area contributed by atoms with Gasteiger partial charge < -0.3 is 19.5 Å². The van der Waals surface area contributed by atoms with Crippen molar-refractivity contribution in [2.45, 2.75) is 0 Å². The van der Waals surface area contributed by atoms with Crippen LogP contribution < -0.4 is 14.9 Å². The second-order valence-electron chi connectivity index (χ2n) is 4.22. The average Bonchev–Trinajstić information content (AvgIpc) is 2.47. The van der Waals surface area contributed by atoms with Crippen LogP contribution in [-0.4, -0.2) is 30.4 Å². The molecule has 0 atom stereocenters. The summed E-state index contributed by atoms with van der Waals surface area (Å²) in [7, 11) is -1.49. The van der Waals surface area contributed by atoms with Gasteiger partial charge in [-0.3, -0.25) is 0 Å². The third kappa shape index (κ3) is 4.63. The highest BCUT2D eigenvalue weighted by Crippen LogP contribution is 2.21. The zero-order valence-electron chi connectivity index (χ0n) is 11.0. The van der Waals surface area contributed by atoms with Gasteiger partial charge in [-0.05, 0) is 29.7 Å². The summed E-state index contributed by atoms with van der Waals surface area (Å²) in [5.41, 5.74) is 0.388. The highest BCUT2D eigenvalue weighted by atomic mass is 35.5. The highest BCUT2D eigenvalue weighted by Gasteiger charge is 2.09. The molecule has 0 bridgehead atoms. The Morgan fingerprint density at radius 1 is 0.952 bits per heavy atom. The van der Waals surface area contributed by atoms with Crippen LogP contribution in [0.15, 0.2) is 42.5 Å². The summed E-state index contributed by atoms with van der Waals surface area (Å²) in [6, 6.07) is 10.5. The fourth-order valence-corrected chi connectivity index (χ4v) is 1.79. The van der Waals surface area contributed by atoms with E-state index in [2.05, 4.69) is 0 Å². The summed E-state index contributed by atoms with van der Waals surface area (Å²) in [6.45, 7) is 0.558. The first-order chi connectivity index (χ1) is 10.1. The molecule has 0 heterocycles. The maximum Gasteiger partial charge on any atom is 0.488 e. The van der Waals surface area contributed by atoms with Crippen molar-refractivity contribution in [1.29, 1.82) is 0 Å². The molecule has 2 aromatic carbocycles. The smallest absolute Gasteiger partial charge is 0.488 e. The van der Waals surface area contributed by atoms with Gasteiger partial charge in [0.25, 0.3) is 0 Å². The quantitative estimate of drug-likeness (QED) is 0.629. The van der Waals surface area contributed by atoms with Crippen LogP contribution in [0.5, 0.6) is 11.5 Å². The summed E-state index contributed by atoms with van der Waals surface area (Å²) >= 11 is 5.64. The van der Waals surface area contributed by atoms with Crippen molar-refractivity contribution in [2.75, 3.05) is 13.2 Å². The predicted molar refractivity (Wildman–Crippen MR) is 78.7 cm³/mol. The van der Waals surface area contributed by atoms with Gasteiger partial charge in [0, 0.05) is 6.07 Å². The molecule has 0 unspecified atom stereocenters. The van der Waals surface area contributed by atoms with Gasteiger partial charge in [-0.2, -0.15) is 0 Å². The van der Waals surface area contributed by atoms with Crippen molar-refractivity contribution in [1.82, 2.24) is 0 Å². The topological polar surface area (TPSA) is 58.9 Å². The Morgan fingerprint density at radius 3 is 2.10 bits per heavy atom. The molecule has 0 fully saturated rings. The van der Waals surface area contributed by atoms with Crippen LogP contribution in [0.1, 0.15) is 0 Å². The molecule has 21 heavy (non-hydrogen) atoms. The van der Waals surface area contributed by atoms with Crippen molar-refractivity contribution in [3.8, 4) is 11.5 Å². The molecule has 7 heteroatoms. The molecule has 4 nitrogen and oxygen atoms in total. The highest BCUT2D eigenvalue weighted by molar-refractivity contribution is 6.58. The van der Waals surface area contributed by atoms with E-state index in [0.29, 0.717) is 17.0 Å². The van der Waals surface area contributed by atoms with Gasteiger partial charge in [0.15, 0.2) is 0 Å². The Morgan fingerprint density at radius 2 is 1.52 bits per heavy atom. The van der Waals surface area contributed by atoms with Crippen LogP contribution >= 0.6 is 11.6 Å². The normalized spacial score (nSPS) is 10.3. The minimum absolute atomic E-state index is 0.00608. The van der Waals surface area contributed by atoms with E-state index in [1.54, 1.807) is 24.3 Å². The molecule has 0 spiro atoms. The number of benzene rings is 2. The first kappa shape index (κ1) is 15.6. The van der Waals surface area contributed by atoms with Gasteiger partial charge in [0.05, 0.1) is 5.02 Å². The van der Waals surface area contributed by atoms with Crippen LogP contribution in [0.25, 0.3) is 0 Å². The number of rotatable bonds is 6. The summed E-state index contributed by atoms with van der Waals surface area (Å²) in [4.78, 5) is 0. The van der Waals surface area contributed by atoms with Crippen LogP contribution in [0.2, 0.25) is 5.02 Å². The van der Waals surface area contributed by atoms with Crippen molar-refractivity contribution < 1.29 is 23.9 Å². The molecule has 110 valence electrons. The molecule has 0 saturated carbocycles. The van der Waals surface area contributed by atoms with Crippen LogP contribution in [0.3, 0.4) is 0 Å². The summed E-state index contributed by atoms with van der Waals surface area (Å²) in [5.74, 6) is 0.551. The molecule has 2 aromatic rings.